The zero-order valence-electron chi connectivity index (χ0n) is 16.6. The number of carbonyl (C=O) groups is 2. The number of ether oxygens (including phenoxy) is 1. The third kappa shape index (κ3) is 3.51. The molecule has 0 saturated carbocycles. The van der Waals surface area contributed by atoms with E-state index in [9.17, 15) is 9.59 Å². The molecule has 6 heteroatoms. The molecule has 5 nitrogen and oxygen atoms in total. The highest BCUT2D eigenvalue weighted by Crippen LogP contribution is 2.40. The number of nitrogens with zero attached hydrogens (tertiary/aromatic N) is 2. The van der Waals surface area contributed by atoms with Gasteiger partial charge in [0.05, 0.1) is 18.4 Å². The summed E-state index contributed by atoms with van der Waals surface area (Å²) in [6, 6.07) is 12.7. The zero-order valence-corrected chi connectivity index (χ0v) is 17.3. The van der Waals surface area contributed by atoms with Gasteiger partial charge in [0.1, 0.15) is 11.4 Å². The summed E-state index contributed by atoms with van der Waals surface area (Å²) in [5.41, 5.74) is 3.13. The lowest BCUT2D eigenvalue weighted by molar-refractivity contribution is -0.120. The first-order valence-electron chi connectivity index (χ1n) is 9.80. The van der Waals surface area contributed by atoms with Crippen LogP contribution in [0.3, 0.4) is 0 Å². The molecule has 0 N–H and O–H groups in total. The molecular formula is C23H23ClN2O3. The van der Waals surface area contributed by atoms with E-state index in [-0.39, 0.29) is 11.8 Å². The van der Waals surface area contributed by atoms with Gasteiger partial charge in [0.25, 0.3) is 11.8 Å². The smallest absolute Gasteiger partial charge is 0.282 e. The first kappa shape index (κ1) is 19.5. The van der Waals surface area contributed by atoms with Gasteiger partial charge in [-0.1, -0.05) is 41.4 Å². The van der Waals surface area contributed by atoms with Crippen molar-refractivity contribution in [3.63, 3.8) is 0 Å². The molecule has 0 unspecified atom stereocenters. The Balaban J connectivity index is 1.86. The third-order valence-electron chi connectivity index (χ3n) is 5.45. The van der Waals surface area contributed by atoms with Gasteiger partial charge in [-0.15, -0.1) is 0 Å². The second-order valence-corrected chi connectivity index (χ2v) is 7.84. The minimum absolute atomic E-state index is 0.326. The molecule has 2 aliphatic heterocycles. The average molecular weight is 411 g/mol. The summed E-state index contributed by atoms with van der Waals surface area (Å²) < 4.78 is 5.41. The fourth-order valence-electron chi connectivity index (χ4n) is 3.97. The fourth-order valence-corrected chi connectivity index (χ4v) is 4.13. The highest BCUT2D eigenvalue weighted by atomic mass is 35.5. The van der Waals surface area contributed by atoms with Crippen molar-refractivity contribution in [3.8, 4) is 5.75 Å². The van der Waals surface area contributed by atoms with Gasteiger partial charge >= 0.3 is 0 Å². The van der Waals surface area contributed by atoms with Crippen LogP contribution < -0.4 is 9.64 Å². The summed E-state index contributed by atoms with van der Waals surface area (Å²) in [6.07, 6.45) is 3.15. The topological polar surface area (TPSA) is 49.9 Å². The molecule has 0 spiro atoms. The predicted molar refractivity (Wildman–Crippen MR) is 114 cm³/mol. The fraction of sp³-hybridized carbons (Fsp3) is 0.304. The van der Waals surface area contributed by atoms with Gasteiger partial charge in [-0.3, -0.25) is 9.59 Å². The van der Waals surface area contributed by atoms with Crippen molar-refractivity contribution in [2.24, 2.45) is 0 Å². The number of hydrogen-bond donors (Lipinski definition) is 0. The zero-order chi connectivity index (χ0) is 20.5. The minimum Gasteiger partial charge on any atom is -0.495 e. The van der Waals surface area contributed by atoms with Gasteiger partial charge in [-0.2, -0.15) is 0 Å². The van der Waals surface area contributed by atoms with Crippen LogP contribution in [0.15, 0.2) is 48.2 Å². The van der Waals surface area contributed by atoms with Gasteiger partial charge in [0.2, 0.25) is 0 Å². The molecule has 2 amide bonds. The van der Waals surface area contributed by atoms with Crippen LogP contribution in [0.4, 0.5) is 5.69 Å². The molecule has 150 valence electrons. The Labute approximate surface area is 175 Å². The molecule has 0 atom stereocenters. The van der Waals surface area contributed by atoms with E-state index in [2.05, 4.69) is 4.90 Å². The summed E-state index contributed by atoms with van der Waals surface area (Å²) >= 11 is 6.17. The monoisotopic (exact) mass is 410 g/mol. The quantitative estimate of drug-likeness (QED) is 0.700. The number of imide groups is 1. The Bertz CT molecular complexity index is 992. The van der Waals surface area contributed by atoms with Crippen molar-refractivity contribution in [2.45, 2.75) is 26.2 Å². The Hall–Kier alpha value is -2.79. The Morgan fingerprint density at radius 1 is 0.931 bits per heavy atom. The van der Waals surface area contributed by atoms with Crippen LogP contribution in [-0.2, 0) is 9.59 Å². The van der Waals surface area contributed by atoms with E-state index in [1.165, 1.54) is 12.0 Å². The largest absolute Gasteiger partial charge is 0.495 e. The van der Waals surface area contributed by atoms with E-state index in [0.717, 1.165) is 43.5 Å². The number of rotatable bonds is 4. The number of methoxy groups -OCH3 is 1. The van der Waals surface area contributed by atoms with E-state index in [0.29, 0.717) is 27.7 Å². The maximum atomic E-state index is 13.6. The Morgan fingerprint density at radius 3 is 2.28 bits per heavy atom. The lowest BCUT2D eigenvalue weighted by Crippen LogP contribution is -2.37. The highest BCUT2D eigenvalue weighted by Gasteiger charge is 2.43. The summed E-state index contributed by atoms with van der Waals surface area (Å²) in [5.74, 6) is -0.243. The number of benzene rings is 2. The van der Waals surface area contributed by atoms with Gasteiger partial charge in [-0.05, 0) is 49.9 Å². The maximum Gasteiger partial charge on any atom is 0.282 e. The molecule has 0 aromatic heterocycles. The SMILES string of the molecule is COc1ccc(Cl)cc1N1C(=O)C(c2ccc(C)cc2)=C(N2CCCCC2)C1=O. The average Bonchev–Trinajstić information content (AvgIpc) is 2.99. The molecule has 1 fully saturated rings. The number of halogens is 1. The van der Waals surface area contributed by atoms with Crippen LogP contribution in [0.25, 0.3) is 5.57 Å². The van der Waals surface area contributed by atoms with Crippen LogP contribution >= 0.6 is 11.6 Å². The molecule has 2 heterocycles. The molecular weight excluding hydrogens is 388 g/mol. The second kappa shape index (κ2) is 7.91. The summed E-state index contributed by atoms with van der Waals surface area (Å²) in [4.78, 5) is 30.4. The van der Waals surface area contributed by atoms with E-state index in [1.54, 1.807) is 18.2 Å². The molecule has 0 radical (unpaired) electrons. The summed E-state index contributed by atoms with van der Waals surface area (Å²) in [5, 5.41) is 0.435. The van der Waals surface area contributed by atoms with Crippen molar-refractivity contribution in [1.29, 1.82) is 0 Å². The number of anilines is 1. The van der Waals surface area contributed by atoms with Gasteiger partial charge in [0.15, 0.2) is 0 Å². The third-order valence-corrected chi connectivity index (χ3v) is 5.69. The van der Waals surface area contributed by atoms with Gasteiger partial charge < -0.3 is 9.64 Å². The first-order chi connectivity index (χ1) is 14.0. The molecule has 4 rings (SSSR count). The van der Waals surface area contributed by atoms with Crippen molar-refractivity contribution in [1.82, 2.24) is 4.90 Å². The van der Waals surface area contributed by atoms with Crippen LogP contribution in [0.2, 0.25) is 5.02 Å². The lowest BCUT2D eigenvalue weighted by atomic mass is 10.0. The van der Waals surface area contributed by atoms with Crippen LogP contribution in [0.1, 0.15) is 30.4 Å². The minimum atomic E-state index is -0.347. The van der Waals surface area contributed by atoms with Crippen molar-refractivity contribution < 1.29 is 14.3 Å². The maximum absolute atomic E-state index is 13.6. The summed E-state index contributed by atoms with van der Waals surface area (Å²) in [6.45, 7) is 3.53. The standard InChI is InChI=1S/C23H23ClN2O3/c1-15-6-8-16(9-7-15)20-21(25-12-4-3-5-13-25)23(28)26(22(20)27)18-14-17(24)10-11-19(18)29-2/h6-11,14H,3-5,12-13H2,1-2H3. The normalized spacial score (nSPS) is 17.3. The molecule has 2 aliphatic rings. The van der Waals surface area contributed by atoms with E-state index < -0.39 is 0 Å². The predicted octanol–water partition coefficient (Wildman–Crippen LogP) is 4.43. The van der Waals surface area contributed by atoms with E-state index in [1.807, 2.05) is 31.2 Å². The van der Waals surface area contributed by atoms with Crippen LogP contribution in [0, 0.1) is 6.92 Å². The Kier molecular flexibility index (Phi) is 5.33. The second-order valence-electron chi connectivity index (χ2n) is 7.40. The number of hydrogen-bond acceptors (Lipinski definition) is 4. The molecule has 0 aliphatic carbocycles. The number of aryl methyl sites for hydroxylation is 1. The molecule has 2 aromatic carbocycles. The number of piperidine rings is 1. The highest BCUT2D eigenvalue weighted by molar-refractivity contribution is 6.46. The molecule has 1 saturated heterocycles. The van der Waals surface area contributed by atoms with Crippen LogP contribution in [0.5, 0.6) is 5.75 Å². The van der Waals surface area contributed by atoms with Gasteiger partial charge in [0, 0.05) is 18.1 Å². The van der Waals surface area contributed by atoms with Crippen molar-refractivity contribution in [2.75, 3.05) is 25.1 Å². The van der Waals surface area contributed by atoms with Crippen LogP contribution in [-0.4, -0.2) is 36.9 Å². The number of likely N-dealkylation sites (tertiary alicyclic amines) is 1. The number of carbonyl (C=O) groups excluding carboxylic acids is 2. The molecule has 29 heavy (non-hydrogen) atoms. The summed E-state index contributed by atoms with van der Waals surface area (Å²) in [7, 11) is 1.51. The molecule has 0 bridgehead atoms. The molecule has 2 aromatic rings. The number of amides is 2. The lowest BCUT2D eigenvalue weighted by Gasteiger charge is -2.29. The van der Waals surface area contributed by atoms with E-state index >= 15 is 0 Å². The van der Waals surface area contributed by atoms with E-state index in [4.69, 9.17) is 16.3 Å². The first-order valence-corrected chi connectivity index (χ1v) is 10.2. The van der Waals surface area contributed by atoms with Crippen molar-refractivity contribution >= 4 is 34.7 Å². The Morgan fingerprint density at radius 2 is 1.62 bits per heavy atom. The van der Waals surface area contributed by atoms with Gasteiger partial charge in [-0.25, -0.2) is 4.90 Å². The van der Waals surface area contributed by atoms with Crippen molar-refractivity contribution in [3.05, 3.63) is 64.3 Å².